The number of nitrogens with zero attached hydrogens (tertiary/aromatic N) is 7. The maximum Gasteiger partial charge on any atom is 0.244 e. The molecule has 2 aliphatic heterocycles. The maximum atomic E-state index is 6.78. The second-order valence-electron chi connectivity index (χ2n) is 10.9. The molecule has 1 aliphatic carbocycles. The third-order valence-corrected chi connectivity index (χ3v) is 8.86. The summed E-state index contributed by atoms with van der Waals surface area (Å²) < 4.78 is 5.44. The Hall–Kier alpha value is -4.31. The van der Waals surface area contributed by atoms with Crippen molar-refractivity contribution in [2.45, 2.75) is 38.1 Å². The molecule has 0 unspecified atom stereocenters. The molecule has 0 bridgehead atoms. The fourth-order valence-corrected chi connectivity index (χ4v) is 6.75. The maximum absolute atomic E-state index is 6.78. The van der Waals surface area contributed by atoms with Crippen LogP contribution in [-0.4, -0.2) is 49.8 Å². The molecule has 3 aliphatic rings. The molecule has 0 amide bonds. The SMILES string of the molecule is N[C@@H]1c2ccccc2CC12CCN(c1cnc3c(N4CCCc5nc(-c6ncco6)ccc54)n[nH]c3n1)CC2. The Balaban J connectivity index is 1.04. The number of H-pyrrole nitrogens is 1. The van der Waals surface area contributed by atoms with Gasteiger partial charge in [-0.2, -0.15) is 5.10 Å². The number of piperidine rings is 1. The summed E-state index contributed by atoms with van der Waals surface area (Å²) in [6.45, 7) is 2.68. The van der Waals surface area contributed by atoms with Gasteiger partial charge in [-0.05, 0) is 60.8 Å². The topological polar surface area (TPSA) is 126 Å². The van der Waals surface area contributed by atoms with E-state index in [1.54, 1.807) is 12.5 Å². The van der Waals surface area contributed by atoms with Crippen molar-refractivity contribution in [3.63, 3.8) is 0 Å². The van der Waals surface area contributed by atoms with E-state index in [0.29, 0.717) is 11.5 Å². The first kappa shape index (κ1) is 22.7. The molecule has 3 N–H and O–H groups in total. The third kappa shape index (κ3) is 3.55. The van der Waals surface area contributed by atoms with Crippen LogP contribution in [0.1, 0.15) is 42.1 Å². The molecular formula is C29H29N9O. The zero-order chi connectivity index (χ0) is 26.0. The van der Waals surface area contributed by atoms with Crippen LogP contribution >= 0.6 is 0 Å². The summed E-state index contributed by atoms with van der Waals surface area (Å²) in [5.41, 5.74) is 13.9. The van der Waals surface area contributed by atoms with Crippen LogP contribution in [0.2, 0.25) is 0 Å². The highest BCUT2D eigenvalue weighted by Gasteiger charge is 2.46. The number of hydrogen-bond acceptors (Lipinski definition) is 9. The van der Waals surface area contributed by atoms with E-state index < -0.39 is 0 Å². The Morgan fingerprint density at radius 1 is 1.03 bits per heavy atom. The zero-order valence-electron chi connectivity index (χ0n) is 21.5. The molecule has 0 saturated carbocycles. The molecule has 1 spiro atoms. The van der Waals surface area contributed by atoms with E-state index in [2.05, 4.69) is 55.3 Å². The molecule has 8 rings (SSSR count). The lowest BCUT2D eigenvalue weighted by Gasteiger charge is -2.42. The second-order valence-corrected chi connectivity index (χ2v) is 10.9. The molecule has 10 heteroatoms. The lowest BCUT2D eigenvalue weighted by Crippen LogP contribution is -2.44. The number of nitrogens with two attached hydrogens (primary N) is 1. The molecule has 10 nitrogen and oxygen atoms in total. The summed E-state index contributed by atoms with van der Waals surface area (Å²) in [7, 11) is 0. The third-order valence-electron chi connectivity index (χ3n) is 8.86. The number of aromatic amines is 1. The van der Waals surface area contributed by atoms with Crippen molar-refractivity contribution >= 4 is 28.5 Å². The summed E-state index contributed by atoms with van der Waals surface area (Å²) in [5, 5.41) is 7.79. The number of benzene rings is 1. The van der Waals surface area contributed by atoms with Gasteiger partial charge in [0, 0.05) is 25.7 Å². The van der Waals surface area contributed by atoms with Crippen LogP contribution in [0.5, 0.6) is 0 Å². The first-order chi connectivity index (χ1) is 19.2. The number of pyridine rings is 1. The summed E-state index contributed by atoms with van der Waals surface area (Å²) in [5.74, 6) is 2.19. The van der Waals surface area contributed by atoms with Gasteiger partial charge in [0.2, 0.25) is 5.89 Å². The minimum Gasteiger partial charge on any atom is -0.443 e. The fraction of sp³-hybridized carbons (Fsp3) is 0.345. The minimum absolute atomic E-state index is 0.105. The van der Waals surface area contributed by atoms with Gasteiger partial charge in [0.1, 0.15) is 17.8 Å². The quantitative estimate of drug-likeness (QED) is 0.358. The fourth-order valence-electron chi connectivity index (χ4n) is 6.75. The van der Waals surface area contributed by atoms with Crippen molar-refractivity contribution in [1.82, 2.24) is 30.1 Å². The minimum atomic E-state index is 0.105. The number of hydrogen-bond donors (Lipinski definition) is 2. The largest absolute Gasteiger partial charge is 0.443 e. The Kier molecular flexibility index (Phi) is 5.00. The van der Waals surface area contributed by atoms with E-state index in [-0.39, 0.29) is 11.5 Å². The van der Waals surface area contributed by atoms with Crippen molar-refractivity contribution in [3.05, 3.63) is 71.9 Å². The van der Waals surface area contributed by atoms with Gasteiger partial charge in [-0.3, -0.25) is 5.10 Å². The summed E-state index contributed by atoms with van der Waals surface area (Å²) >= 11 is 0. The van der Waals surface area contributed by atoms with Gasteiger partial charge in [-0.1, -0.05) is 24.3 Å². The van der Waals surface area contributed by atoms with Crippen LogP contribution < -0.4 is 15.5 Å². The summed E-state index contributed by atoms with van der Waals surface area (Å²) in [6.07, 6.45) is 10.1. The number of nitrogens with one attached hydrogen (secondary N) is 1. The number of aryl methyl sites for hydroxylation is 1. The van der Waals surface area contributed by atoms with E-state index in [9.17, 15) is 0 Å². The van der Waals surface area contributed by atoms with E-state index in [1.807, 2.05) is 12.3 Å². The van der Waals surface area contributed by atoms with Crippen LogP contribution in [0.15, 0.2) is 59.5 Å². The summed E-state index contributed by atoms with van der Waals surface area (Å²) in [6, 6.07) is 12.8. The van der Waals surface area contributed by atoms with Crippen LogP contribution in [0.4, 0.5) is 17.3 Å². The molecule has 39 heavy (non-hydrogen) atoms. The first-order valence-corrected chi connectivity index (χ1v) is 13.7. The van der Waals surface area contributed by atoms with Gasteiger partial charge in [0.15, 0.2) is 17.0 Å². The molecule has 1 atom stereocenters. The van der Waals surface area contributed by atoms with E-state index >= 15 is 0 Å². The smallest absolute Gasteiger partial charge is 0.244 e. The number of anilines is 3. The molecular weight excluding hydrogens is 490 g/mol. The number of rotatable bonds is 3. The molecule has 0 radical (unpaired) electrons. The normalized spacial score (nSPS) is 20.0. The van der Waals surface area contributed by atoms with Crippen LogP contribution in [0.3, 0.4) is 0 Å². The molecule has 1 fully saturated rings. The Bertz CT molecular complexity index is 1670. The van der Waals surface area contributed by atoms with Gasteiger partial charge in [-0.15, -0.1) is 0 Å². The van der Waals surface area contributed by atoms with Gasteiger partial charge in [0.05, 0.1) is 23.8 Å². The Morgan fingerprint density at radius 3 is 2.77 bits per heavy atom. The average molecular weight is 520 g/mol. The van der Waals surface area contributed by atoms with Crippen molar-refractivity contribution in [2.75, 3.05) is 29.4 Å². The molecule has 6 heterocycles. The van der Waals surface area contributed by atoms with Gasteiger partial charge >= 0.3 is 0 Å². The van der Waals surface area contributed by atoms with Gasteiger partial charge in [0.25, 0.3) is 0 Å². The van der Waals surface area contributed by atoms with E-state index in [4.69, 9.17) is 25.1 Å². The number of fused-ring (bicyclic) bond motifs is 3. The van der Waals surface area contributed by atoms with Crippen LogP contribution in [-0.2, 0) is 12.8 Å². The highest BCUT2D eigenvalue weighted by Crippen LogP contribution is 2.51. The molecule has 5 aromatic rings. The van der Waals surface area contributed by atoms with E-state index in [0.717, 1.165) is 86.0 Å². The van der Waals surface area contributed by atoms with Gasteiger partial charge in [-0.25, -0.2) is 19.9 Å². The Morgan fingerprint density at radius 2 is 1.92 bits per heavy atom. The van der Waals surface area contributed by atoms with Crippen molar-refractivity contribution < 1.29 is 4.42 Å². The van der Waals surface area contributed by atoms with E-state index in [1.165, 1.54) is 11.1 Å². The predicted molar refractivity (Wildman–Crippen MR) is 148 cm³/mol. The zero-order valence-corrected chi connectivity index (χ0v) is 21.5. The van der Waals surface area contributed by atoms with Crippen LogP contribution in [0.25, 0.3) is 22.7 Å². The Labute approximate surface area is 225 Å². The standard InChI is InChI=1S/C29H29N9O/c30-25-19-5-2-1-4-18(19)16-29(25)9-13-37(14-10-29)23-17-32-24-26(34-23)35-36-27(24)38-12-3-6-20-22(38)8-7-21(33-20)28-31-11-15-39-28/h1-2,4-5,7-8,11,15,17,25H,3,6,9-10,12-14,16,30H2,(H,34,35,36)/t25-/m1/s1. The van der Waals surface area contributed by atoms with Crippen molar-refractivity contribution in [1.29, 1.82) is 0 Å². The molecule has 1 aromatic carbocycles. The summed E-state index contributed by atoms with van der Waals surface area (Å²) in [4.78, 5) is 23.4. The number of oxazole rings is 1. The lowest BCUT2D eigenvalue weighted by atomic mass is 9.73. The number of aromatic nitrogens is 6. The predicted octanol–water partition coefficient (Wildman–Crippen LogP) is 4.33. The molecule has 1 saturated heterocycles. The second kappa shape index (κ2) is 8.60. The van der Waals surface area contributed by atoms with Gasteiger partial charge < -0.3 is 20.0 Å². The molecule has 4 aromatic heterocycles. The monoisotopic (exact) mass is 519 g/mol. The van der Waals surface area contributed by atoms with Crippen molar-refractivity contribution in [2.24, 2.45) is 11.1 Å². The molecule has 196 valence electrons. The lowest BCUT2D eigenvalue weighted by molar-refractivity contribution is 0.187. The highest BCUT2D eigenvalue weighted by molar-refractivity contribution is 5.87. The van der Waals surface area contributed by atoms with Crippen molar-refractivity contribution in [3.8, 4) is 11.6 Å². The highest BCUT2D eigenvalue weighted by atomic mass is 16.3. The van der Waals surface area contributed by atoms with Crippen LogP contribution in [0, 0.1) is 5.41 Å². The average Bonchev–Trinajstić information content (AvgIpc) is 3.72. The first-order valence-electron chi connectivity index (χ1n) is 13.7.